The van der Waals surface area contributed by atoms with Gasteiger partial charge in [0.25, 0.3) is 0 Å². The molecule has 0 atom stereocenters. The molecular formula is C13H13BrClF2N3O. The Labute approximate surface area is 134 Å². The van der Waals surface area contributed by atoms with Crippen molar-refractivity contribution < 1.29 is 13.5 Å². The molecule has 0 aliphatic rings. The van der Waals surface area contributed by atoms with Crippen LogP contribution in [0.4, 0.5) is 14.5 Å². The first-order valence-corrected chi connectivity index (χ1v) is 7.20. The number of nitrogens with zero attached hydrogens (tertiary/aromatic N) is 2. The zero-order chi connectivity index (χ0) is 15.6. The minimum atomic E-state index is -2.91. The molecule has 8 heteroatoms. The van der Waals surface area contributed by atoms with E-state index in [1.165, 1.54) is 12.1 Å². The molecule has 0 aliphatic heterocycles. The lowest BCUT2D eigenvalue weighted by molar-refractivity contribution is -0.0498. The first-order chi connectivity index (χ1) is 9.86. The average molecular weight is 381 g/mol. The van der Waals surface area contributed by atoms with E-state index in [-0.39, 0.29) is 5.75 Å². The van der Waals surface area contributed by atoms with Gasteiger partial charge in [0.2, 0.25) is 0 Å². The summed E-state index contributed by atoms with van der Waals surface area (Å²) in [5.41, 5.74) is 2.21. The third-order valence-electron chi connectivity index (χ3n) is 2.80. The van der Waals surface area contributed by atoms with Gasteiger partial charge in [-0.2, -0.15) is 13.9 Å². The van der Waals surface area contributed by atoms with Crippen LogP contribution < -0.4 is 10.1 Å². The van der Waals surface area contributed by atoms with Gasteiger partial charge in [-0.25, -0.2) is 0 Å². The van der Waals surface area contributed by atoms with Gasteiger partial charge in [-0.05, 0) is 35.0 Å². The van der Waals surface area contributed by atoms with Gasteiger partial charge >= 0.3 is 6.61 Å². The number of alkyl halides is 2. The van der Waals surface area contributed by atoms with Crippen molar-refractivity contribution in [3.05, 3.63) is 39.1 Å². The molecule has 0 unspecified atom stereocenters. The summed E-state index contributed by atoms with van der Waals surface area (Å²) in [7, 11) is 1.82. The predicted molar refractivity (Wildman–Crippen MR) is 81.1 cm³/mol. The van der Waals surface area contributed by atoms with Crippen molar-refractivity contribution in [2.45, 2.75) is 20.1 Å². The minimum absolute atomic E-state index is 0.0240. The summed E-state index contributed by atoms with van der Waals surface area (Å²) in [5, 5.41) is 7.68. The number of benzene rings is 1. The van der Waals surface area contributed by atoms with Crippen LogP contribution in [0.2, 0.25) is 5.02 Å². The summed E-state index contributed by atoms with van der Waals surface area (Å²) in [6.45, 7) is -0.615. The molecule has 114 valence electrons. The van der Waals surface area contributed by atoms with Crippen molar-refractivity contribution >= 4 is 33.2 Å². The molecule has 0 aliphatic carbocycles. The van der Waals surface area contributed by atoms with Gasteiger partial charge in [-0.1, -0.05) is 11.6 Å². The highest BCUT2D eigenvalue weighted by molar-refractivity contribution is 9.10. The Hall–Kier alpha value is -1.34. The molecule has 0 saturated carbocycles. The largest absolute Gasteiger partial charge is 0.431 e. The van der Waals surface area contributed by atoms with Crippen LogP contribution in [0.15, 0.2) is 22.8 Å². The summed E-state index contributed by atoms with van der Waals surface area (Å²) >= 11 is 9.12. The lowest BCUT2D eigenvalue weighted by Crippen LogP contribution is -2.07. The maximum atomic E-state index is 12.5. The zero-order valence-electron chi connectivity index (χ0n) is 11.3. The highest BCUT2D eigenvalue weighted by Crippen LogP contribution is 2.37. The van der Waals surface area contributed by atoms with Crippen molar-refractivity contribution in [2.24, 2.45) is 7.05 Å². The number of nitrogens with one attached hydrogen (secondary N) is 1. The Kier molecular flexibility index (Phi) is 5.05. The second-order valence-corrected chi connectivity index (χ2v) is 5.70. The fraction of sp³-hybridized carbons (Fsp3) is 0.308. The van der Waals surface area contributed by atoms with Crippen LogP contribution in [-0.2, 0) is 13.6 Å². The average Bonchev–Trinajstić information content (AvgIpc) is 2.68. The number of rotatable bonds is 5. The van der Waals surface area contributed by atoms with E-state index in [1.54, 1.807) is 4.68 Å². The lowest BCUT2D eigenvalue weighted by atomic mass is 10.2. The maximum absolute atomic E-state index is 12.5. The molecular weight excluding hydrogens is 368 g/mol. The van der Waals surface area contributed by atoms with Crippen LogP contribution in [0.5, 0.6) is 5.75 Å². The Morgan fingerprint density at radius 3 is 2.76 bits per heavy atom. The monoisotopic (exact) mass is 379 g/mol. The molecule has 1 heterocycles. The Balaban J connectivity index is 2.24. The molecule has 2 rings (SSSR count). The number of halogens is 4. The van der Waals surface area contributed by atoms with Crippen molar-refractivity contribution in [1.82, 2.24) is 9.78 Å². The Morgan fingerprint density at radius 2 is 2.19 bits per heavy atom. The van der Waals surface area contributed by atoms with Gasteiger partial charge in [0.05, 0.1) is 15.9 Å². The molecule has 4 nitrogen and oxygen atoms in total. The van der Waals surface area contributed by atoms with Crippen molar-refractivity contribution in [3.8, 4) is 5.75 Å². The van der Waals surface area contributed by atoms with Gasteiger partial charge in [0.1, 0.15) is 0 Å². The third-order valence-corrected chi connectivity index (χ3v) is 3.61. The number of ether oxygens (including phenoxy) is 1. The molecule has 0 amide bonds. The van der Waals surface area contributed by atoms with Crippen LogP contribution in [0.3, 0.4) is 0 Å². The van der Waals surface area contributed by atoms with E-state index in [9.17, 15) is 8.78 Å². The maximum Gasteiger partial charge on any atom is 0.387 e. The number of aryl methyl sites for hydroxylation is 2. The molecule has 1 N–H and O–H groups in total. The van der Waals surface area contributed by atoms with Crippen LogP contribution in [0.1, 0.15) is 11.3 Å². The van der Waals surface area contributed by atoms with E-state index in [0.717, 1.165) is 11.3 Å². The number of hydrogen-bond donors (Lipinski definition) is 1. The van der Waals surface area contributed by atoms with Gasteiger partial charge in [0.15, 0.2) is 5.75 Å². The summed E-state index contributed by atoms with van der Waals surface area (Å²) in [6, 6.07) is 3.04. The van der Waals surface area contributed by atoms with Crippen molar-refractivity contribution in [1.29, 1.82) is 0 Å². The highest BCUT2D eigenvalue weighted by Gasteiger charge is 2.15. The molecule has 0 radical (unpaired) electrons. The normalized spacial score (nSPS) is 11.0. The van der Waals surface area contributed by atoms with E-state index < -0.39 is 6.61 Å². The topological polar surface area (TPSA) is 39.1 Å². The van der Waals surface area contributed by atoms with Crippen LogP contribution in [0.25, 0.3) is 0 Å². The van der Waals surface area contributed by atoms with E-state index in [0.29, 0.717) is 21.7 Å². The predicted octanol–water partition coefficient (Wildman–Crippen LogP) is 4.36. The molecule has 2 aromatic rings. The number of hydrogen-bond acceptors (Lipinski definition) is 3. The molecule has 0 saturated heterocycles. The first kappa shape index (κ1) is 16.0. The van der Waals surface area contributed by atoms with Crippen LogP contribution >= 0.6 is 27.5 Å². The molecule has 0 fully saturated rings. The molecule has 0 spiro atoms. The molecule has 1 aromatic carbocycles. The van der Waals surface area contributed by atoms with Gasteiger partial charge in [-0.15, -0.1) is 0 Å². The lowest BCUT2D eigenvalue weighted by Gasteiger charge is -2.14. The standard InChI is InChI=1S/C13H13BrClF2N3O/c1-7-8(6-20(2)19-7)5-18-11-4-9(15)3-10(14)12(11)21-13(16)17/h3-4,6,13,18H,5H2,1-2H3. The zero-order valence-corrected chi connectivity index (χ0v) is 13.7. The number of anilines is 1. The van der Waals surface area contributed by atoms with Crippen molar-refractivity contribution in [2.75, 3.05) is 5.32 Å². The Morgan fingerprint density at radius 1 is 1.48 bits per heavy atom. The van der Waals surface area contributed by atoms with Crippen LogP contribution in [0, 0.1) is 6.92 Å². The SMILES string of the molecule is Cc1nn(C)cc1CNc1cc(Cl)cc(Br)c1OC(F)F. The smallest absolute Gasteiger partial charge is 0.387 e. The second-order valence-electron chi connectivity index (χ2n) is 4.41. The summed E-state index contributed by atoms with van der Waals surface area (Å²) in [6.07, 6.45) is 1.86. The molecule has 0 bridgehead atoms. The highest BCUT2D eigenvalue weighted by atomic mass is 79.9. The minimum Gasteiger partial charge on any atom is -0.431 e. The fourth-order valence-electron chi connectivity index (χ4n) is 1.91. The van der Waals surface area contributed by atoms with Crippen molar-refractivity contribution in [3.63, 3.8) is 0 Å². The quantitative estimate of drug-likeness (QED) is 0.838. The third kappa shape index (κ3) is 4.07. The number of aromatic nitrogens is 2. The van der Waals surface area contributed by atoms with Crippen LogP contribution in [-0.4, -0.2) is 16.4 Å². The van der Waals surface area contributed by atoms with Gasteiger partial charge in [-0.3, -0.25) is 4.68 Å². The summed E-state index contributed by atoms with van der Waals surface area (Å²) in [4.78, 5) is 0. The first-order valence-electron chi connectivity index (χ1n) is 6.03. The summed E-state index contributed by atoms with van der Waals surface area (Å²) in [5.74, 6) is 0.0240. The Bertz CT molecular complexity index is 649. The van der Waals surface area contributed by atoms with E-state index in [4.69, 9.17) is 11.6 Å². The van der Waals surface area contributed by atoms with Gasteiger partial charge in [0, 0.05) is 30.4 Å². The second kappa shape index (κ2) is 6.62. The van der Waals surface area contributed by atoms with E-state index in [2.05, 4.69) is 31.1 Å². The van der Waals surface area contributed by atoms with Gasteiger partial charge < -0.3 is 10.1 Å². The van der Waals surface area contributed by atoms with E-state index in [1.807, 2.05) is 20.2 Å². The fourth-order valence-corrected chi connectivity index (χ4v) is 2.82. The summed E-state index contributed by atoms with van der Waals surface area (Å²) < 4.78 is 31.6. The molecule has 1 aromatic heterocycles. The molecule has 21 heavy (non-hydrogen) atoms. The van der Waals surface area contributed by atoms with E-state index >= 15 is 0 Å².